The highest BCUT2D eigenvalue weighted by atomic mass is 32.2. The van der Waals surface area contributed by atoms with Gasteiger partial charge in [-0.15, -0.1) is 0 Å². The first-order valence-corrected chi connectivity index (χ1v) is 12.8. The monoisotopic (exact) mass is 533 g/mol. The van der Waals surface area contributed by atoms with Crippen molar-refractivity contribution < 1.29 is 31.2 Å². The van der Waals surface area contributed by atoms with Crippen molar-refractivity contribution in [2.24, 2.45) is 0 Å². The Bertz CT molecular complexity index is 1360. The molecule has 0 saturated carbocycles. The third-order valence-corrected chi connectivity index (χ3v) is 7.30. The number of rotatable bonds is 9. The number of sulfonamides is 1. The Morgan fingerprint density at radius 2 is 1.59 bits per heavy atom. The predicted octanol–water partition coefficient (Wildman–Crippen LogP) is 5.07. The number of hydrogen-bond acceptors (Lipinski definition) is 4. The number of anilines is 2. The Kier molecular flexibility index (Phi) is 8.59. The summed E-state index contributed by atoms with van der Waals surface area (Å²) in [6.07, 6.45) is -4.04. The molecule has 3 aromatic carbocycles. The van der Waals surface area contributed by atoms with Crippen LogP contribution in [0.5, 0.6) is 0 Å². The van der Waals surface area contributed by atoms with Gasteiger partial charge < -0.3 is 10.6 Å². The number of carbonyl (C=O) groups is 2. The Morgan fingerprint density at radius 1 is 0.946 bits per heavy atom. The van der Waals surface area contributed by atoms with Crippen molar-refractivity contribution in [2.75, 3.05) is 16.2 Å². The second kappa shape index (κ2) is 11.5. The fourth-order valence-electron chi connectivity index (χ4n) is 3.39. The zero-order valence-corrected chi connectivity index (χ0v) is 20.9. The predicted molar refractivity (Wildman–Crippen MR) is 135 cm³/mol. The summed E-state index contributed by atoms with van der Waals surface area (Å²) in [5.74, 6) is -1.28. The normalized spacial score (nSPS) is 12.5. The molecule has 0 heterocycles. The van der Waals surface area contributed by atoms with Crippen molar-refractivity contribution in [3.05, 3.63) is 90.0 Å². The maximum Gasteiger partial charge on any atom is 0.416 e. The first-order valence-electron chi connectivity index (χ1n) is 11.4. The lowest BCUT2D eigenvalue weighted by Crippen LogP contribution is -2.38. The van der Waals surface area contributed by atoms with Crippen LogP contribution >= 0.6 is 0 Å². The molecule has 0 fully saturated rings. The van der Waals surface area contributed by atoms with Gasteiger partial charge in [0.1, 0.15) is 6.54 Å². The van der Waals surface area contributed by atoms with E-state index in [0.717, 1.165) is 12.1 Å². The number of carbonyl (C=O) groups excluding carboxylic acids is 2. The molecule has 1 atom stereocenters. The van der Waals surface area contributed by atoms with E-state index in [4.69, 9.17) is 0 Å². The van der Waals surface area contributed by atoms with Gasteiger partial charge in [-0.1, -0.05) is 43.3 Å². The maximum atomic E-state index is 13.4. The molecule has 0 bridgehead atoms. The second-order valence-corrected chi connectivity index (χ2v) is 10.1. The van der Waals surface area contributed by atoms with E-state index in [2.05, 4.69) is 10.6 Å². The van der Waals surface area contributed by atoms with Crippen molar-refractivity contribution in [1.29, 1.82) is 0 Å². The van der Waals surface area contributed by atoms with E-state index in [0.29, 0.717) is 16.8 Å². The molecule has 2 amide bonds. The van der Waals surface area contributed by atoms with Crippen LogP contribution < -0.4 is 14.9 Å². The topological polar surface area (TPSA) is 95.6 Å². The number of nitrogens with zero attached hydrogens (tertiary/aromatic N) is 1. The summed E-state index contributed by atoms with van der Waals surface area (Å²) >= 11 is 0. The van der Waals surface area contributed by atoms with Gasteiger partial charge >= 0.3 is 6.18 Å². The number of amides is 2. The summed E-state index contributed by atoms with van der Waals surface area (Å²) in [4.78, 5) is 25.5. The highest BCUT2D eigenvalue weighted by Crippen LogP contribution is 2.33. The fourth-order valence-corrected chi connectivity index (χ4v) is 4.82. The first-order chi connectivity index (χ1) is 17.4. The zero-order chi connectivity index (χ0) is 27.2. The Labute approximate surface area is 213 Å². The van der Waals surface area contributed by atoms with Crippen molar-refractivity contribution in [2.45, 2.75) is 37.4 Å². The number of benzene rings is 3. The summed E-state index contributed by atoms with van der Waals surface area (Å²) in [6, 6.07) is 16.8. The van der Waals surface area contributed by atoms with Crippen LogP contribution in [0.4, 0.5) is 24.5 Å². The van der Waals surface area contributed by atoms with Crippen LogP contribution in [0.1, 0.15) is 36.2 Å². The second-order valence-electron chi connectivity index (χ2n) is 8.25. The average Bonchev–Trinajstić information content (AvgIpc) is 2.87. The highest BCUT2D eigenvalue weighted by molar-refractivity contribution is 7.92. The maximum absolute atomic E-state index is 13.4. The zero-order valence-electron chi connectivity index (χ0n) is 20.1. The molecule has 3 aromatic rings. The molecular formula is C26H26F3N3O4S. The van der Waals surface area contributed by atoms with E-state index in [9.17, 15) is 31.2 Å². The molecule has 2 N–H and O–H groups in total. The highest BCUT2D eigenvalue weighted by Gasteiger charge is 2.33. The molecule has 0 aliphatic carbocycles. The van der Waals surface area contributed by atoms with Gasteiger partial charge in [-0.05, 0) is 55.8 Å². The summed E-state index contributed by atoms with van der Waals surface area (Å²) < 4.78 is 67.5. The smallest absolute Gasteiger partial charge is 0.350 e. The van der Waals surface area contributed by atoms with Gasteiger partial charge in [0.25, 0.3) is 15.9 Å². The lowest BCUT2D eigenvalue weighted by atomic mass is 10.1. The first kappa shape index (κ1) is 27.7. The number of nitrogens with one attached hydrogen (secondary N) is 2. The van der Waals surface area contributed by atoms with Crippen molar-refractivity contribution in [3.8, 4) is 0 Å². The third-order valence-electron chi connectivity index (χ3n) is 5.52. The van der Waals surface area contributed by atoms with Crippen LogP contribution in [0.3, 0.4) is 0 Å². The average molecular weight is 534 g/mol. The van der Waals surface area contributed by atoms with E-state index in [1.54, 1.807) is 18.2 Å². The molecular weight excluding hydrogens is 507 g/mol. The SMILES string of the molecule is CCC(C)NC(=O)c1ccccc1NC(=O)CN(c1cccc(C(F)(F)F)c1)S(=O)(=O)c1ccccc1. The molecule has 196 valence electrons. The molecule has 0 spiro atoms. The van der Waals surface area contributed by atoms with Crippen molar-refractivity contribution >= 4 is 33.2 Å². The third kappa shape index (κ3) is 6.88. The summed E-state index contributed by atoms with van der Waals surface area (Å²) in [6.45, 7) is 2.88. The molecule has 0 aliphatic heterocycles. The summed E-state index contributed by atoms with van der Waals surface area (Å²) in [5, 5.41) is 5.31. The van der Waals surface area contributed by atoms with Crippen LogP contribution in [-0.2, 0) is 21.0 Å². The molecule has 0 radical (unpaired) electrons. The Morgan fingerprint density at radius 3 is 2.24 bits per heavy atom. The van der Waals surface area contributed by atoms with Crippen LogP contribution in [0.2, 0.25) is 0 Å². The minimum absolute atomic E-state index is 0.122. The Hall–Kier alpha value is -3.86. The van der Waals surface area contributed by atoms with Gasteiger partial charge in [0.2, 0.25) is 5.91 Å². The molecule has 0 saturated heterocycles. The molecule has 0 aliphatic rings. The van der Waals surface area contributed by atoms with E-state index in [1.807, 2.05) is 13.8 Å². The van der Waals surface area contributed by atoms with Crippen LogP contribution in [0.15, 0.2) is 83.8 Å². The lowest BCUT2D eigenvalue weighted by molar-refractivity contribution is -0.137. The minimum Gasteiger partial charge on any atom is -0.350 e. The van der Waals surface area contributed by atoms with Gasteiger partial charge in [-0.2, -0.15) is 13.2 Å². The number of alkyl halides is 3. The fraction of sp³-hybridized carbons (Fsp3) is 0.231. The molecule has 11 heteroatoms. The molecule has 37 heavy (non-hydrogen) atoms. The minimum atomic E-state index is -4.72. The van der Waals surface area contributed by atoms with Crippen molar-refractivity contribution in [3.63, 3.8) is 0 Å². The lowest BCUT2D eigenvalue weighted by Gasteiger charge is -2.25. The standard InChI is InChI=1S/C26H26F3N3O4S/c1-3-18(2)30-25(34)22-14-7-8-15-23(22)31-24(33)17-32(37(35,36)21-12-5-4-6-13-21)20-11-9-10-19(16-20)26(27,28)29/h4-16,18H,3,17H2,1-2H3,(H,30,34)(H,31,33). The van der Waals surface area contributed by atoms with Gasteiger partial charge in [-0.3, -0.25) is 13.9 Å². The number of hydrogen-bond donors (Lipinski definition) is 2. The number of para-hydroxylation sites is 1. The Balaban J connectivity index is 1.96. The van der Waals surface area contributed by atoms with Crippen molar-refractivity contribution in [1.82, 2.24) is 5.32 Å². The van der Waals surface area contributed by atoms with Gasteiger partial charge in [0, 0.05) is 6.04 Å². The van der Waals surface area contributed by atoms with Gasteiger partial charge in [-0.25, -0.2) is 8.42 Å². The molecule has 1 unspecified atom stereocenters. The number of halogens is 3. The van der Waals surface area contributed by atoms with Crippen LogP contribution in [-0.4, -0.2) is 32.8 Å². The van der Waals surface area contributed by atoms with E-state index < -0.39 is 40.1 Å². The van der Waals surface area contributed by atoms with Gasteiger partial charge in [0.15, 0.2) is 0 Å². The van der Waals surface area contributed by atoms with E-state index in [1.165, 1.54) is 42.5 Å². The quantitative estimate of drug-likeness (QED) is 0.402. The summed E-state index contributed by atoms with van der Waals surface area (Å²) in [5.41, 5.74) is -1.11. The summed E-state index contributed by atoms with van der Waals surface area (Å²) in [7, 11) is -4.42. The van der Waals surface area contributed by atoms with Crippen LogP contribution in [0, 0.1) is 0 Å². The molecule has 7 nitrogen and oxygen atoms in total. The molecule has 3 rings (SSSR count). The van der Waals surface area contributed by atoms with E-state index in [-0.39, 0.29) is 27.9 Å². The van der Waals surface area contributed by atoms with E-state index >= 15 is 0 Å². The molecule has 0 aromatic heterocycles. The van der Waals surface area contributed by atoms with Crippen LogP contribution in [0.25, 0.3) is 0 Å². The largest absolute Gasteiger partial charge is 0.416 e. The van der Waals surface area contributed by atoms with Gasteiger partial charge in [0.05, 0.1) is 27.4 Å².